The van der Waals surface area contributed by atoms with Gasteiger partial charge in [-0.25, -0.2) is 8.42 Å². The summed E-state index contributed by atoms with van der Waals surface area (Å²) in [7, 11) is -3.04. The van der Waals surface area contributed by atoms with Crippen LogP contribution in [0, 0.1) is 0 Å². The predicted molar refractivity (Wildman–Crippen MR) is 68.7 cm³/mol. The second-order valence-electron chi connectivity index (χ2n) is 5.53. The lowest BCUT2D eigenvalue weighted by Gasteiger charge is -2.30. The quantitative estimate of drug-likeness (QED) is 0.680. The smallest absolute Gasteiger partial charge is 0.224 e. The number of aliphatic hydroxyl groups is 1. The molecule has 0 saturated carbocycles. The third kappa shape index (κ3) is 4.55. The summed E-state index contributed by atoms with van der Waals surface area (Å²) in [6.45, 7) is 3.48. The van der Waals surface area contributed by atoms with E-state index in [2.05, 4.69) is 0 Å². The summed E-state index contributed by atoms with van der Waals surface area (Å²) in [5.41, 5.74) is 5.16. The van der Waals surface area contributed by atoms with Gasteiger partial charge in [-0.3, -0.25) is 4.79 Å². The SMILES string of the molecule is CC(C)(N)CC(=O)N(CCO)C1CCS(=O)(=O)C1. The van der Waals surface area contributed by atoms with E-state index in [0.717, 1.165) is 0 Å². The number of hydrogen-bond donors (Lipinski definition) is 2. The van der Waals surface area contributed by atoms with E-state index in [1.165, 1.54) is 4.90 Å². The summed E-state index contributed by atoms with van der Waals surface area (Å²) in [5.74, 6) is -0.0959. The molecule has 0 bridgehead atoms. The Morgan fingerprint density at radius 2 is 2.11 bits per heavy atom. The Kier molecular flexibility index (Phi) is 4.74. The molecule has 7 heteroatoms. The number of carbonyl (C=O) groups excluding carboxylic acids is 1. The van der Waals surface area contributed by atoms with Gasteiger partial charge in [0.25, 0.3) is 0 Å². The number of carbonyl (C=O) groups is 1. The van der Waals surface area contributed by atoms with Gasteiger partial charge < -0.3 is 15.7 Å². The van der Waals surface area contributed by atoms with Crippen LogP contribution in [0.3, 0.4) is 0 Å². The van der Waals surface area contributed by atoms with Crippen molar-refractivity contribution in [1.82, 2.24) is 4.90 Å². The first-order valence-corrected chi connectivity index (χ1v) is 7.86. The van der Waals surface area contributed by atoms with Crippen LogP contribution in [0.15, 0.2) is 0 Å². The van der Waals surface area contributed by atoms with Crippen LogP contribution >= 0.6 is 0 Å². The van der Waals surface area contributed by atoms with Gasteiger partial charge in [-0.05, 0) is 20.3 Å². The molecule has 1 amide bonds. The van der Waals surface area contributed by atoms with Crippen LogP contribution in [0.5, 0.6) is 0 Å². The zero-order valence-corrected chi connectivity index (χ0v) is 11.7. The minimum Gasteiger partial charge on any atom is -0.395 e. The molecule has 0 radical (unpaired) electrons. The van der Waals surface area contributed by atoms with E-state index in [9.17, 15) is 13.2 Å². The molecular formula is C11H22N2O4S. The maximum Gasteiger partial charge on any atom is 0.224 e. The largest absolute Gasteiger partial charge is 0.395 e. The van der Waals surface area contributed by atoms with Crippen LogP contribution in [0.2, 0.25) is 0 Å². The topological polar surface area (TPSA) is 101 Å². The second kappa shape index (κ2) is 5.54. The van der Waals surface area contributed by atoms with Crippen LogP contribution in [0.25, 0.3) is 0 Å². The molecule has 3 N–H and O–H groups in total. The summed E-state index contributed by atoms with van der Waals surface area (Å²) in [5, 5.41) is 9.00. The molecule has 106 valence electrons. The summed E-state index contributed by atoms with van der Waals surface area (Å²) < 4.78 is 22.9. The molecule has 0 aromatic heterocycles. The highest BCUT2D eigenvalue weighted by Gasteiger charge is 2.35. The molecule has 1 aliphatic rings. The van der Waals surface area contributed by atoms with Crippen molar-refractivity contribution in [3.63, 3.8) is 0 Å². The van der Waals surface area contributed by atoms with Crippen LogP contribution in [-0.2, 0) is 14.6 Å². The molecule has 0 spiro atoms. The molecule has 1 fully saturated rings. The Labute approximate surface area is 108 Å². The maximum atomic E-state index is 12.1. The molecule has 0 aromatic carbocycles. The van der Waals surface area contributed by atoms with Crippen LogP contribution in [-0.4, -0.2) is 60.6 Å². The first-order valence-electron chi connectivity index (χ1n) is 6.04. The van der Waals surface area contributed by atoms with Gasteiger partial charge in [-0.1, -0.05) is 0 Å². The van der Waals surface area contributed by atoms with Gasteiger partial charge in [0.15, 0.2) is 9.84 Å². The number of nitrogens with zero attached hydrogens (tertiary/aromatic N) is 1. The highest BCUT2D eigenvalue weighted by atomic mass is 32.2. The first-order chi connectivity index (χ1) is 8.14. The highest BCUT2D eigenvalue weighted by molar-refractivity contribution is 7.91. The molecule has 0 aromatic rings. The third-order valence-corrected chi connectivity index (χ3v) is 4.67. The minimum absolute atomic E-state index is 0.0102. The standard InChI is InChI=1S/C11H22N2O4S/c1-11(2,12)7-10(15)13(4-5-14)9-3-6-18(16,17)8-9/h9,14H,3-8,12H2,1-2H3. The van der Waals surface area contributed by atoms with Crippen molar-refractivity contribution in [2.75, 3.05) is 24.7 Å². The summed E-state index contributed by atoms with van der Waals surface area (Å²) >= 11 is 0. The summed E-state index contributed by atoms with van der Waals surface area (Å²) in [6.07, 6.45) is 0.586. The van der Waals surface area contributed by atoms with Crippen LogP contribution in [0.1, 0.15) is 26.7 Å². The van der Waals surface area contributed by atoms with Crippen molar-refractivity contribution in [3.8, 4) is 0 Å². The van der Waals surface area contributed by atoms with E-state index in [4.69, 9.17) is 10.8 Å². The Morgan fingerprint density at radius 3 is 2.50 bits per heavy atom. The molecular weight excluding hydrogens is 256 g/mol. The van der Waals surface area contributed by atoms with Gasteiger partial charge in [0, 0.05) is 24.5 Å². The zero-order valence-electron chi connectivity index (χ0n) is 10.9. The van der Waals surface area contributed by atoms with Gasteiger partial charge in [-0.15, -0.1) is 0 Å². The number of sulfone groups is 1. The average molecular weight is 278 g/mol. The van der Waals surface area contributed by atoms with E-state index < -0.39 is 15.4 Å². The Hall–Kier alpha value is -0.660. The average Bonchev–Trinajstić information content (AvgIpc) is 2.52. The summed E-state index contributed by atoms with van der Waals surface area (Å²) in [4.78, 5) is 13.5. The molecule has 6 nitrogen and oxygen atoms in total. The predicted octanol–water partition coefficient (Wildman–Crippen LogP) is -0.878. The van der Waals surface area contributed by atoms with Gasteiger partial charge in [-0.2, -0.15) is 0 Å². The van der Waals surface area contributed by atoms with Crippen molar-refractivity contribution >= 4 is 15.7 Å². The summed E-state index contributed by atoms with van der Waals surface area (Å²) in [6, 6.07) is -0.322. The number of hydrogen-bond acceptors (Lipinski definition) is 5. The fourth-order valence-electron chi connectivity index (χ4n) is 2.13. The van der Waals surface area contributed by atoms with Crippen molar-refractivity contribution in [2.24, 2.45) is 5.73 Å². The van der Waals surface area contributed by atoms with Gasteiger partial charge in [0.1, 0.15) is 0 Å². The van der Waals surface area contributed by atoms with E-state index in [0.29, 0.717) is 6.42 Å². The molecule has 1 rings (SSSR count). The molecule has 18 heavy (non-hydrogen) atoms. The van der Waals surface area contributed by atoms with E-state index >= 15 is 0 Å². The molecule has 1 atom stereocenters. The van der Waals surface area contributed by atoms with E-state index in [-0.39, 0.29) is 43.0 Å². The number of rotatable bonds is 5. The van der Waals surface area contributed by atoms with Crippen molar-refractivity contribution in [3.05, 3.63) is 0 Å². The number of nitrogens with two attached hydrogens (primary N) is 1. The monoisotopic (exact) mass is 278 g/mol. The zero-order chi connectivity index (χ0) is 14.0. The molecule has 1 saturated heterocycles. The Bertz CT molecular complexity index is 400. The fraction of sp³-hybridized carbons (Fsp3) is 0.909. The highest BCUT2D eigenvalue weighted by Crippen LogP contribution is 2.19. The lowest BCUT2D eigenvalue weighted by Crippen LogP contribution is -2.47. The lowest BCUT2D eigenvalue weighted by molar-refractivity contribution is -0.134. The van der Waals surface area contributed by atoms with E-state index in [1.807, 2.05) is 0 Å². The van der Waals surface area contributed by atoms with Gasteiger partial charge in [0.05, 0.1) is 18.1 Å². The molecule has 1 aliphatic heterocycles. The number of aliphatic hydroxyl groups excluding tert-OH is 1. The van der Waals surface area contributed by atoms with Crippen molar-refractivity contribution in [1.29, 1.82) is 0 Å². The van der Waals surface area contributed by atoms with E-state index in [1.54, 1.807) is 13.8 Å². The Balaban J connectivity index is 2.74. The molecule has 0 aliphatic carbocycles. The normalized spacial score (nSPS) is 23.0. The molecule has 1 heterocycles. The first kappa shape index (κ1) is 15.4. The third-order valence-electron chi connectivity index (χ3n) is 2.92. The van der Waals surface area contributed by atoms with Crippen molar-refractivity contribution in [2.45, 2.75) is 38.3 Å². The number of amides is 1. The molecule has 1 unspecified atom stereocenters. The fourth-order valence-corrected chi connectivity index (χ4v) is 3.86. The minimum atomic E-state index is -3.04. The van der Waals surface area contributed by atoms with Crippen molar-refractivity contribution < 1.29 is 18.3 Å². The van der Waals surface area contributed by atoms with Crippen LogP contribution < -0.4 is 5.73 Å². The lowest BCUT2D eigenvalue weighted by atomic mass is 10.0. The van der Waals surface area contributed by atoms with Crippen LogP contribution in [0.4, 0.5) is 0 Å². The Morgan fingerprint density at radius 1 is 1.50 bits per heavy atom. The second-order valence-corrected chi connectivity index (χ2v) is 7.76. The van der Waals surface area contributed by atoms with Gasteiger partial charge in [0.2, 0.25) is 5.91 Å². The maximum absolute atomic E-state index is 12.1. The van der Waals surface area contributed by atoms with Gasteiger partial charge >= 0.3 is 0 Å².